The van der Waals surface area contributed by atoms with Crippen molar-refractivity contribution in [3.8, 4) is 0 Å². The molecular formula is C16H26N4. The van der Waals surface area contributed by atoms with Crippen molar-refractivity contribution in [2.24, 2.45) is 11.8 Å². The van der Waals surface area contributed by atoms with E-state index in [0.717, 1.165) is 30.0 Å². The molecule has 2 saturated carbocycles. The second-order valence-electron chi connectivity index (χ2n) is 6.49. The molecule has 1 aromatic heterocycles. The minimum absolute atomic E-state index is 0.555. The summed E-state index contributed by atoms with van der Waals surface area (Å²) in [5, 5.41) is 3.48. The van der Waals surface area contributed by atoms with Gasteiger partial charge in [0.2, 0.25) is 0 Å². The molecule has 0 spiro atoms. The predicted molar refractivity (Wildman–Crippen MR) is 82.6 cm³/mol. The minimum Gasteiger partial charge on any atom is -0.384 e. The molecule has 2 aliphatic rings. The van der Waals surface area contributed by atoms with Crippen molar-refractivity contribution in [1.82, 2.24) is 9.97 Å². The van der Waals surface area contributed by atoms with Gasteiger partial charge >= 0.3 is 0 Å². The highest BCUT2D eigenvalue weighted by Crippen LogP contribution is 2.38. The summed E-state index contributed by atoms with van der Waals surface area (Å²) in [6, 6.07) is 1.86. The van der Waals surface area contributed by atoms with Crippen LogP contribution in [0, 0.1) is 11.8 Å². The van der Waals surface area contributed by atoms with Crippen molar-refractivity contribution < 1.29 is 0 Å². The van der Waals surface area contributed by atoms with Crippen LogP contribution in [0.2, 0.25) is 0 Å². The van der Waals surface area contributed by atoms with Crippen molar-refractivity contribution in [3.05, 3.63) is 11.9 Å². The molecule has 0 bridgehead atoms. The van der Waals surface area contributed by atoms with Gasteiger partial charge in [0.1, 0.15) is 17.5 Å². The second-order valence-corrected chi connectivity index (χ2v) is 6.49. The van der Waals surface area contributed by atoms with E-state index in [9.17, 15) is 0 Å². The molecule has 2 aliphatic carbocycles. The lowest BCUT2D eigenvalue weighted by molar-refractivity contribution is 0.278. The smallest absolute Gasteiger partial charge is 0.136 e. The van der Waals surface area contributed by atoms with Gasteiger partial charge in [-0.25, -0.2) is 9.97 Å². The van der Waals surface area contributed by atoms with Crippen LogP contribution in [0.25, 0.3) is 0 Å². The summed E-state index contributed by atoms with van der Waals surface area (Å²) < 4.78 is 0. The number of nitrogens with one attached hydrogen (secondary N) is 1. The van der Waals surface area contributed by atoms with E-state index in [2.05, 4.69) is 22.2 Å². The molecule has 0 amide bonds. The fourth-order valence-electron chi connectivity index (χ4n) is 3.19. The maximum Gasteiger partial charge on any atom is 0.136 e. The van der Waals surface area contributed by atoms with Crippen LogP contribution in [0.4, 0.5) is 11.6 Å². The Morgan fingerprint density at radius 2 is 1.80 bits per heavy atom. The largest absolute Gasteiger partial charge is 0.384 e. The first-order valence-electron chi connectivity index (χ1n) is 8.13. The van der Waals surface area contributed by atoms with Crippen LogP contribution >= 0.6 is 0 Å². The molecule has 4 heteroatoms. The Kier molecular flexibility index (Phi) is 4.08. The van der Waals surface area contributed by atoms with E-state index in [0.29, 0.717) is 11.7 Å². The van der Waals surface area contributed by atoms with Crippen LogP contribution in [-0.4, -0.2) is 16.5 Å². The number of hydrogen-bond donors (Lipinski definition) is 2. The lowest BCUT2D eigenvalue weighted by Gasteiger charge is -2.28. The van der Waals surface area contributed by atoms with Gasteiger partial charge in [-0.05, 0) is 37.5 Å². The van der Waals surface area contributed by atoms with Crippen LogP contribution in [0.15, 0.2) is 6.07 Å². The van der Waals surface area contributed by atoms with Gasteiger partial charge in [-0.15, -0.1) is 0 Å². The van der Waals surface area contributed by atoms with Crippen molar-refractivity contribution >= 4 is 11.6 Å². The topological polar surface area (TPSA) is 63.8 Å². The summed E-state index contributed by atoms with van der Waals surface area (Å²) in [6.45, 7) is 3.34. The van der Waals surface area contributed by atoms with E-state index in [-0.39, 0.29) is 0 Å². The van der Waals surface area contributed by atoms with Crippen molar-refractivity contribution in [2.75, 3.05) is 17.6 Å². The number of hydrogen-bond acceptors (Lipinski definition) is 4. The molecule has 3 rings (SSSR count). The standard InChI is InChI=1S/C16H26N4/c1-2-11-3-5-12(6-4-11)10-18-15-9-14(17)19-16(20-15)13-7-8-13/h9,11-13H,2-8,10H2,1H3,(H3,17,18,19,20). The summed E-state index contributed by atoms with van der Waals surface area (Å²) in [4.78, 5) is 8.95. The first-order valence-corrected chi connectivity index (χ1v) is 8.13. The van der Waals surface area contributed by atoms with Gasteiger partial charge in [0, 0.05) is 18.5 Å². The van der Waals surface area contributed by atoms with Crippen LogP contribution in [0.1, 0.15) is 63.6 Å². The Labute approximate surface area is 121 Å². The van der Waals surface area contributed by atoms with Crippen molar-refractivity contribution in [3.63, 3.8) is 0 Å². The van der Waals surface area contributed by atoms with Crippen LogP contribution < -0.4 is 11.1 Å². The zero-order valence-electron chi connectivity index (χ0n) is 12.4. The molecule has 1 aromatic rings. The highest BCUT2D eigenvalue weighted by molar-refractivity contribution is 5.45. The number of nitrogen functional groups attached to an aromatic ring is 1. The van der Waals surface area contributed by atoms with Crippen LogP contribution in [0.3, 0.4) is 0 Å². The van der Waals surface area contributed by atoms with Crippen molar-refractivity contribution in [2.45, 2.75) is 57.8 Å². The summed E-state index contributed by atoms with van der Waals surface area (Å²) in [7, 11) is 0. The van der Waals surface area contributed by atoms with Gasteiger partial charge in [0.25, 0.3) is 0 Å². The van der Waals surface area contributed by atoms with Gasteiger partial charge in [-0.3, -0.25) is 0 Å². The third-order valence-corrected chi connectivity index (χ3v) is 4.82. The van der Waals surface area contributed by atoms with Gasteiger partial charge in [0.05, 0.1) is 0 Å². The molecule has 0 unspecified atom stereocenters. The molecule has 0 aromatic carbocycles. The fourth-order valence-corrected chi connectivity index (χ4v) is 3.19. The maximum absolute atomic E-state index is 5.88. The van der Waals surface area contributed by atoms with E-state index >= 15 is 0 Å². The van der Waals surface area contributed by atoms with Crippen LogP contribution in [-0.2, 0) is 0 Å². The zero-order valence-corrected chi connectivity index (χ0v) is 12.4. The van der Waals surface area contributed by atoms with Gasteiger partial charge in [-0.2, -0.15) is 0 Å². The molecule has 0 radical (unpaired) electrons. The Balaban J connectivity index is 1.53. The molecule has 1 heterocycles. The average Bonchev–Trinajstić information content (AvgIpc) is 3.30. The fraction of sp³-hybridized carbons (Fsp3) is 0.750. The highest BCUT2D eigenvalue weighted by Gasteiger charge is 2.27. The van der Waals surface area contributed by atoms with E-state index < -0.39 is 0 Å². The van der Waals surface area contributed by atoms with Gasteiger partial charge in [-0.1, -0.05) is 26.2 Å². The second kappa shape index (κ2) is 5.98. The number of rotatable bonds is 5. The molecule has 0 atom stereocenters. The average molecular weight is 274 g/mol. The quantitative estimate of drug-likeness (QED) is 0.861. The Morgan fingerprint density at radius 1 is 1.10 bits per heavy atom. The zero-order chi connectivity index (χ0) is 13.9. The third-order valence-electron chi connectivity index (χ3n) is 4.82. The Hall–Kier alpha value is -1.32. The SMILES string of the molecule is CCC1CCC(CNc2cc(N)nc(C3CC3)n2)CC1. The molecule has 110 valence electrons. The first-order chi connectivity index (χ1) is 9.74. The molecule has 3 N–H and O–H groups in total. The highest BCUT2D eigenvalue weighted by atomic mass is 15.1. The summed E-state index contributed by atoms with van der Waals surface area (Å²) in [5.74, 6) is 4.75. The summed E-state index contributed by atoms with van der Waals surface area (Å²) in [6.07, 6.45) is 9.24. The molecule has 0 aliphatic heterocycles. The number of nitrogens with zero attached hydrogens (tertiary/aromatic N) is 2. The predicted octanol–water partition coefficient (Wildman–Crippen LogP) is 3.56. The molecule has 2 fully saturated rings. The van der Waals surface area contributed by atoms with E-state index in [1.54, 1.807) is 0 Å². The summed E-state index contributed by atoms with van der Waals surface area (Å²) in [5.41, 5.74) is 5.88. The number of aromatic nitrogens is 2. The lowest BCUT2D eigenvalue weighted by atomic mass is 9.81. The van der Waals surface area contributed by atoms with E-state index in [1.807, 2.05) is 6.07 Å². The lowest BCUT2D eigenvalue weighted by Crippen LogP contribution is -2.21. The molecular weight excluding hydrogens is 248 g/mol. The first kappa shape index (κ1) is 13.7. The maximum atomic E-state index is 5.88. The Morgan fingerprint density at radius 3 is 2.45 bits per heavy atom. The third kappa shape index (κ3) is 3.41. The molecule has 0 saturated heterocycles. The monoisotopic (exact) mass is 274 g/mol. The van der Waals surface area contributed by atoms with Gasteiger partial charge < -0.3 is 11.1 Å². The number of nitrogens with two attached hydrogens (primary N) is 1. The van der Waals surface area contributed by atoms with Gasteiger partial charge in [0.15, 0.2) is 0 Å². The summed E-state index contributed by atoms with van der Waals surface area (Å²) >= 11 is 0. The number of anilines is 2. The van der Waals surface area contributed by atoms with E-state index in [4.69, 9.17) is 5.73 Å². The normalized spacial score (nSPS) is 26.4. The minimum atomic E-state index is 0.555. The molecule has 20 heavy (non-hydrogen) atoms. The molecule has 4 nitrogen and oxygen atoms in total. The van der Waals surface area contributed by atoms with Crippen molar-refractivity contribution in [1.29, 1.82) is 0 Å². The Bertz CT molecular complexity index is 448. The van der Waals surface area contributed by atoms with E-state index in [1.165, 1.54) is 44.9 Å². The van der Waals surface area contributed by atoms with Crippen LogP contribution in [0.5, 0.6) is 0 Å².